The number of anilines is 1. The van der Waals surface area contributed by atoms with E-state index in [1.807, 2.05) is 71.0 Å². The highest BCUT2D eigenvalue weighted by atomic mass is 19.1. The van der Waals surface area contributed by atoms with Gasteiger partial charge < -0.3 is 73.4 Å². The van der Waals surface area contributed by atoms with Gasteiger partial charge >= 0.3 is 5.97 Å². The molecular formula is C55H93FN6O13. The number of hydrogen-bond acceptors (Lipinski definition) is 18. The summed E-state index contributed by atoms with van der Waals surface area (Å²) in [5.41, 5.74) is -1.91. The van der Waals surface area contributed by atoms with Gasteiger partial charge in [-0.15, -0.1) is 5.10 Å². The number of ether oxygens (including phenoxy) is 7. The average Bonchev–Trinajstić information content (AvgIpc) is 4.03. The van der Waals surface area contributed by atoms with Crippen LogP contribution in [0.4, 0.5) is 10.1 Å². The Kier molecular flexibility index (Phi) is 21.1. The Balaban J connectivity index is 1.23. The third-order valence-corrected chi connectivity index (χ3v) is 17.2. The normalized spacial score (nSPS) is 40.0. The quantitative estimate of drug-likeness (QED) is 0.145. The maximum Gasteiger partial charge on any atom is 0.311 e. The van der Waals surface area contributed by atoms with Crippen LogP contribution in [0.1, 0.15) is 131 Å². The molecule has 5 heterocycles. The van der Waals surface area contributed by atoms with E-state index >= 15 is 0 Å². The lowest BCUT2D eigenvalue weighted by molar-refractivity contribution is -0.308. The van der Waals surface area contributed by atoms with Crippen molar-refractivity contribution in [2.45, 2.75) is 217 Å². The van der Waals surface area contributed by atoms with Crippen molar-refractivity contribution < 1.29 is 67.9 Å². The summed E-state index contributed by atoms with van der Waals surface area (Å²) in [6.45, 7) is 19.6. The molecule has 4 saturated heterocycles. The highest BCUT2D eigenvalue weighted by molar-refractivity contribution is 5.73. The number of cyclic esters (lactones) is 1. The van der Waals surface area contributed by atoms with Crippen molar-refractivity contribution in [1.82, 2.24) is 24.8 Å². The standard InChI is InChI=1S/C55H93FN6O13/c1-15-44-55(10,68)49(64)36(6)60(12)29-32(2)26-53(8,67)51(34(4)47(35(5)52(66)73-44)74-46-27-54(9,70-14)50(65)37(7)72-46)75-45-25-41(24-33(3)71-45)59(11)22-20-39-30-62(58-57-39)43(28-56)48(69-13)38-16-18-40(19-17-38)61-23-21-42(63)31-61/h16-19,30,32-37,41-51,63-65,67-68H,15,20-29,31H2,1-14H3/t32-,33-,34+,35-,36-,37+,41+,42+,43-,44-,45+,46+,47+,48-,49-,50+,51-,53-,54-,55-/m1/s1. The molecule has 1 aromatic heterocycles. The molecule has 0 aliphatic carbocycles. The molecule has 75 heavy (non-hydrogen) atoms. The van der Waals surface area contributed by atoms with Gasteiger partial charge in [0.05, 0.1) is 53.3 Å². The zero-order chi connectivity index (χ0) is 55.3. The summed E-state index contributed by atoms with van der Waals surface area (Å²) in [7, 11) is 6.97. The van der Waals surface area contributed by atoms with Crippen LogP contribution in [0.25, 0.3) is 0 Å². The summed E-state index contributed by atoms with van der Waals surface area (Å²) >= 11 is 0. The van der Waals surface area contributed by atoms with E-state index in [-0.39, 0.29) is 43.4 Å². The number of aliphatic hydroxyl groups excluding tert-OH is 3. The summed E-state index contributed by atoms with van der Waals surface area (Å²) in [5, 5.41) is 66.4. The molecule has 0 spiro atoms. The molecule has 0 bridgehead atoms. The molecule has 0 unspecified atom stereocenters. The SMILES string of the molecule is CC[C@H]1OC(=O)[C@H](C)[C@@H](O[C@H]2C[C@@](C)(OC)[C@@H](O)[C@H](C)O2)[C@H](C)[C@@H](O[C@H]2C[C@@H](N(C)CCc3cn([C@H](CF)[C@H](OC)c4ccc(N5CC[C@H](O)C5)cc4)nn3)C[C@@H](C)O2)[C@](C)(O)C[C@@H](C)CN(C)[C@H](C)[C@@H](O)[C@]1(C)O. The molecule has 20 heteroatoms. The molecule has 6 rings (SSSR count). The first-order valence-electron chi connectivity index (χ1n) is 27.4. The summed E-state index contributed by atoms with van der Waals surface area (Å²) in [6.07, 6.45) is -4.22. The lowest BCUT2D eigenvalue weighted by Crippen LogP contribution is -2.59. The maximum absolute atomic E-state index is 14.9. The smallest absolute Gasteiger partial charge is 0.311 e. The van der Waals surface area contributed by atoms with Crippen LogP contribution >= 0.6 is 0 Å². The van der Waals surface area contributed by atoms with E-state index in [2.05, 4.69) is 20.1 Å². The summed E-state index contributed by atoms with van der Waals surface area (Å²) in [6, 6.07) is 6.49. The van der Waals surface area contributed by atoms with E-state index in [4.69, 9.17) is 33.2 Å². The number of carbonyl (C=O) groups excluding carboxylic acids is 1. The van der Waals surface area contributed by atoms with Crippen LogP contribution < -0.4 is 4.90 Å². The predicted molar refractivity (Wildman–Crippen MR) is 279 cm³/mol. The molecule has 1 aromatic carbocycles. The molecule has 5 N–H and O–H groups in total. The Morgan fingerprint density at radius 2 is 1.63 bits per heavy atom. The molecule has 4 aliphatic rings. The van der Waals surface area contributed by atoms with E-state index in [0.29, 0.717) is 44.6 Å². The Labute approximate surface area is 445 Å². The van der Waals surface area contributed by atoms with Crippen LogP contribution in [-0.2, 0) is 44.4 Å². The Morgan fingerprint density at radius 3 is 2.24 bits per heavy atom. The van der Waals surface area contributed by atoms with Crippen molar-refractivity contribution in [3.05, 3.63) is 41.7 Å². The molecule has 0 radical (unpaired) electrons. The van der Waals surface area contributed by atoms with Crippen LogP contribution in [0.2, 0.25) is 0 Å². The number of methoxy groups -OCH3 is 2. The fourth-order valence-corrected chi connectivity index (χ4v) is 12.3. The minimum absolute atomic E-state index is 0.0185. The van der Waals surface area contributed by atoms with Gasteiger partial charge in [0.25, 0.3) is 0 Å². The number of halogens is 1. The van der Waals surface area contributed by atoms with Gasteiger partial charge in [-0.3, -0.25) is 4.79 Å². The van der Waals surface area contributed by atoms with Crippen molar-refractivity contribution in [2.75, 3.05) is 66.1 Å². The molecular weight excluding hydrogens is 972 g/mol. The van der Waals surface area contributed by atoms with Crippen molar-refractivity contribution in [2.24, 2.45) is 17.8 Å². The minimum Gasteiger partial charge on any atom is -0.459 e. The number of esters is 1. The number of rotatable bonds is 16. The van der Waals surface area contributed by atoms with E-state index < -0.39 is 109 Å². The molecule has 0 amide bonds. The van der Waals surface area contributed by atoms with Gasteiger partial charge in [0, 0.05) is 89.5 Å². The van der Waals surface area contributed by atoms with Gasteiger partial charge in [-0.1, -0.05) is 38.1 Å². The topological polar surface area (TPSA) is 223 Å². The highest BCUT2D eigenvalue weighted by Crippen LogP contribution is 2.41. The number of hydrogen-bond donors (Lipinski definition) is 5. The number of carbonyl (C=O) groups is 1. The Bertz CT molecular complexity index is 2090. The largest absolute Gasteiger partial charge is 0.459 e. The van der Waals surface area contributed by atoms with Crippen LogP contribution in [0.15, 0.2) is 30.5 Å². The number of β-amino-alcohol motifs (C(OH)–C–C–N with tert-alkyl or cyclic N) is 1. The van der Waals surface area contributed by atoms with Gasteiger partial charge in [0.15, 0.2) is 12.6 Å². The van der Waals surface area contributed by atoms with Gasteiger partial charge in [0.2, 0.25) is 0 Å². The highest BCUT2D eigenvalue weighted by Gasteiger charge is 2.52. The van der Waals surface area contributed by atoms with E-state index in [9.17, 15) is 34.7 Å². The fraction of sp³-hybridized carbons (Fsp3) is 0.836. The van der Waals surface area contributed by atoms with Crippen molar-refractivity contribution >= 4 is 11.7 Å². The Hall–Kier alpha value is -2.96. The molecule has 20 atom stereocenters. The van der Waals surface area contributed by atoms with Crippen LogP contribution in [0, 0.1) is 17.8 Å². The first-order valence-corrected chi connectivity index (χ1v) is 27.4. The number of benzene rings is 1. The van der Waals surface area contributed by atoms with E-state index in [0.717, 1.165) is 24.2 Å². The predicted octanol–water partition coefficient (Wildman–Crippen LogP) is 4.60. The van der Waals surface area contributed by atoms with Gasteiger partial charge in [-0.2, -0.15) is 0 Å². The molecule has 428 valence electrons. The van der Waals surface area contributed by atoms with Crippen LogP contribution in [0.3, 0.4) is 0 Å². The monoisotopic (exact) mass is 1060 g/mol. The number of aliphatic hydroxyl groups is 5. The van der Waals surface area contributed by atoms with Gasteiger partial charge in [0.1, 0.15) is 42.7 Å². The van der Waals surface area contributed by atoms with Gasteiger partial charge in [-0.05, 0) is 112 Å². The molecule has 0 saturated carbocycles. The van der Waals surface area contributed by atoms with Crippen molar-refractivity contribution in [3.63, 3.8) is 0 Å². The fourth-order valence-electron chi connectivity index (χ4n) is 12.3. The molecule has 19 nitrogen and oxygen atoms in total. The van der Waals surface area contributed by atoms with E-state index in [1.165, 1.54) is 14.0 Å². The Morgan fingerprint density at radius 1 is 0.933 bits per heavy atom. The number of aromatic nitrogens is 3. The molecule has 4 fully saturated rings. The number of nitrogens with zero attached hydrogens (tertiary/aromatic N) is 6. The lowest BCUT2D eigenvalue weighted by Gasteiger charge is -2.48. The van der Waals surface area contributed by atoms with Crippen molar-refractivity contribution in [1.29, 1.82) is 0 Å². The van der Waals surface area contributed by atoms with E-state index in [1.54, 1.807) is 52.6 Å². The molecule has 2 aromatic rings. The summed E-state index contributed by atoms with van der Waals surface area (Å²) < 4.78 is 61.0. The molecule has 4 aliphatic heterocycles. The maximum atomic E-state index is 14.9. The van der Waals surface area contributed by atoms with Crippen LogP contribution in [-0.4, -0.2) is 208 Å². The van der Waals surface area contributed by atoms with Crippen molar-refractivity contribution in [3.8, 4) is 0 Å². The summed E-state index contributed by atoms with van der Waals surface area (Å²) in [4.78, 5) is 20.8. The number of likely N-dealkylation sites (N-methyl/N-ethyl adjacent to an activating group) is 2. The zero-order valence-electron chi connectivity index (χ0n) is 47.3. The number of alkyl halides is 1. The first kappa shape index (κ1) is 61.3. The van der Waals surface area contributed by atoms with Crippen LogP contribution in [0.5, 0.6) is 0 Å². The third kappa shape index (κ3) is 14.5. The zero-order valence-corrected chi connectivity index (χ0v) is 47.3. The van der Waals surface area contributed by atoms with Gasteiger partial charge in [-0.25, -0.2) is 9.07 Å². The second-order valence-corrected chi connectivity index (χ2v) is 23.4. The first-order chi connectivity index (χ1) is 35.3. The second kappa shape index (κ2) is 25.9. The average molecular weight is 1070 g/mol. The minimum atomic E-state index is -1.82. The second-order valence-electron chi connectivity index (χ2n) is 23.4. The lowest BCUT2D eigenvalue weighted by atomic mass is 9.77. The summed E-state index contributed by atoms with van der Waals surface area (Å²) in [5.74, 6) is -2.57. The third-order valence-electron chi connectivity index (χ3n) is 17.2.